The number of amides is 1. The lowest BCUT2D eigenvalue weighted by Crippen LogP contribution is -2.13. The van der Waals surface area contributed by atoms with Crippen molar-refractivity contribution in [1.82, 2.24) is 0 Å². The average molecular weight is 360 g/mol. The molecule has 1 aliphatic heterocycles. The molecule has 0 bridgehead atoms. The number of anilines is 1. The fourth-order valence-electron chi connectivity index (χ4n) is 2.26. The van der Waals surface area contributed by atoms with Gasteiger partial charge in [0.1, 0.15) is 11.6 Å². The van der Waals surface area contributed by atoms with Crippen molar-refractivity contribution in [2.24, 2.45) is 0 Å². The topological polar surface area (TPSA) is 71.4 Å². The number of halogens is 3. The molecule has 0 saturated heterocycles. The van der Waals surface area contributed by atoms with Crippen LogP contribution in [-0.2, 0) is 11.0 Å². The van der Waals surface area contributed by atoms with E-state index in [2.05, 4.69) is 5.32 Å². The van der Waals surface area contributed by atoms with E-state index >= 15 is 0 Å². The van der Waals surface area contributed by atoms with Gasteiger partial charge >= 0.3 is 6.18 Å². The number of hydrogen-bond donors (Lipinski definition) is 1. The van der Waals surface area contributed by atoms with Crippen LogP contribution >= 0.6 is 0 Å². The Morgan fingerprint density at radius 3 is 2.46 bits per heavy atom. The van der Waals surface area contributed by atoms with Crippen LogP contribution in [0, 0.1) is 11.3 Å². The van der Waals surface area contributed by atoms with Crippen LogP contribution in [0.3, 0.4) is 0 Å². The van der Waals surface area contributed by atoms with Crippen molar-refractivity contribution in [3.05, 3.63) is 59.2 Å². The fraction of sp³-hybridized carbons (Fsp3) is 0.111. The van der Waals surface area contributed by atoms with Crippen molar-refractivity contribution < 1.29 is 27.4 Å². The normalized spacial score (nSPS) is 13.2. The third-order valence-electron chi connectivity index (χ3n) is 3.54. The van der Waals surface area contributed by atoms with Crippen LogP contribution in [0.4, 0.5) is 18.9 Å². The maximum absolute atomic E-state index is 12.6. The zero-order chi connectivity index (χ0) is 18.7. The number of nitrogens with one attached hydrogen (secondary N) is 1. The van der Waals surface area contributed by atoms with Crippen molar-refractivity contribution in [2.75, 3.05) is 12.1 Å². The molecule has 1 aliphatic rings. The molecule has 2 aromatic rings. The number of hydrogen-bond acceptors (Lipinski definition) is 4. The Bertz CT molecular complexity index is 913. The summed E-state index contributed by atoms with van der Waals surface area (Å²) >= 11 is 0. The smallest absolute Gasteiger partial charge is 0.416 e. The highest BCUT2D eigenvalue weighted by atomic mass is 19.4. The van der Waals surface area contributed by atoms with Crippen LogP contribution < -0.4 is 14.8 Å². The van der Waals surface area contributed by atoms with Crippen LogP contribution in [0.15, 0.2) is 48.0 Å². The van der Waals surface area contributed by atoms with Crippen LogP contribution in [0.5, 0.6) is 11.5 Å². The van der Waals surface area contributed by atoms with Crippen molar-refractivity contribution in [3.8, 4) is 17.6 Å². The monoisotopic (exact) mass is 360 g/mol. The molecule has 0 spiro atoms. The van der Waals surface area contributed by atoms with Gasteiger partial charge in [-0.3, -0.25) is 4.79 Å². The maximum Gasteiger partial charge on any atom is 0.416 e. The standard InChI is InChI=1S/C18H11F3N2O3/c19-18(20,21)13-3-1-11(2-4-13)7-12(9-22)17(24)23-14-5-6-15-16(8-14)26-10-25-15/h1-8H,10H2,(H,23,24). The minimum atomic E-state index is -4.45. The summed E-state index contributed by atoms with van der Waals surface area (Å²) in [4.78, 5) is 12.2. The van der Waals surface area contributed by atoms with E-state index in [-0.39, 0.29) is 12.4 Å². The van der Waals surface area contributed by atoms with E-state index in [1.165, 1.54) is 18.2 Å². The predicted octanol–water partition coefficient (Wildman–Crippen LogP) is 3.98. The molecule has 5 nitrogen and oxygen atoms in total. The Kier molecular flexibility index (Phi) is 4.54. The maximum atomic E-state index is 12.6. The SMILES string of the molecule is N#CC(=Cc1ccc(C(F)(F)F)cc1)C(=O)Nc1ccc2c(c1)OCO2. The van der Waals surface area contributed by atoms with Crippen LogP contribution in [0.1, 0.15) is 11.1 Å². The van der Waals surface area contributed by atoms with Crippen LogP contribution in [0.25, 0.3) is 6.08 Å². The summed E-state index contributed by atoms with van der Waals surface area (Å²) < 4.78 is 48.0. The Hall–Kier alpha value is -3.47. The Labute approximate surface area is 146 Å². The van der Waals surface area contributed by atoms with E-state index in [9.17, 15) is 23.2 Å². The Morgan fingerprint density at radius 2 is 1.81 bits per heavy atom. The third-order valence-corrected chi connectivity index (χ3v) is 3.54. The molecular formula is C18H11F3N2O3. The van der Waals surface area contributed by atoms with E-state index in [0.29, 0.717) is 22.7 Å². The summed E-state index contributed by atoms with van der Waals surface area (Å²) in [6.07, 6.45) is -3.24. The van der Waals surface area contributed by atoms with Gasteiger partial charge in [-0.05, 0) is 35.9 Å². The number of benzene rings is 2. The molecule has 2 aromatic carbocycles. The van der Waals surface area contributed by atoms with Gasteiger partial charge in [0.05, 0.1) is 5.56 Å². The molecule has 1 amide bonds. The quantitative estimate of drug-likeness (QED) is 0.664. The largest absolute Gasteiger partial charge is 0.454 e. The van der Waals surface area contributed by atoms with E-state index in [1.807, 2.05) is 0 Å². The molecule has 1 N–H and O–H groups in total. The summed E-state index contributed by atoms with van der Waals surface area (Å²) in [6.45, 7) is 0.0873. The zero-order valence-electron chi connectivity index (χ0n) is 13.1. The predicted molar refractivity (Wildman–Crippen MR) is 86.2 cm³/mol. The summed E-state index contributed by atoms with van der Waals surface area (Å²) in [6, 6.07) is 10.6. The molecule has 0 atom stereocenters. The molecule has 0 saturated carbocycles. The second-order valence-electron chi connectivity index (χ2n) is 5.31. The highest BCUT2D eigenvalue weighted by molar-refractivity contribution is 6.09. The first-order chi connectivity index (χ1) is 12.4. The molecule has 3 rings (SSSR count). The number of carbonyl (C=O) groups excluding carboxylic acids is 1. The lowest BCUT2D eigenvalue weighted by atomic mass is 10.1. The van der Waals surface area contributed by atoms with E-state index in [4.69, 9.17) is 9.47 Å². The molecule has 0 aliphatic carbocycles. The van der Waals surface area contributed by atoms with Gasteiger partial charge in [0.2, 0.25) is 6.79 Å². The molecule has 0 unspecified atom stereocenters. The lowest BCUT2D eigenvalue weighted by Gasteiger charge is -2.07. The third kappa shape index (κ3) is 3.78. The molecule has 0 fully saturated rings. The van der Waals surface area contributed by atoms with Crippen molar-refractivity contribution in [2.45, 2.75) is 6.18 Å². The van der Waals surface area contributed by atoms with Gasteiger partial charge in [-0.2, -0.15) is 18.4 Å². The second kappa shape index (κ2) is 6.80. The van der Waals surface area contributed by atoms with Crippen molar-refractivity contribution >= 4 is 17.7 Å². The average Bonchev–Trinajstić information content (AvgIpc) is 3.07. The summed E-state index contributed by atoms with van der Waals surface area (Å²) in [5.74, 6) is 0.322. The van der Waals surface area contributed by atoms with Crippen LogP contribution in [-0.4, -0.2) is 12.7 Å². The van der Waals surface area contributed by atoms with Gasteiger partial charge in [-0.15, -0.1) is 0 Å². The van der Waals surface area contributed by atoms with Gasteiger partial charge in [-0.1, -0.05) is 12.1 Å². The number of ether oxygens (including phenoxy) is 2. The van der Waals surface area contributed by atoms with E-state index in [0.717, 1.165) is 12.1 Å². The summed E-state index contributed by atoms with van der Waals surface area (Å²) in [5, 5.41) is 11.7. The van der Waals surface area contributed by atoms with Gasteiger partial charge in [-0.25, -0.2) is 0 Å². The van der Waals surface area contributed by atoms with Crippen molar-refractivity contribution in [3.63, 3.8) is 0 Å². The molecule has 8 heteroatoms. The molecule has 1 heterocycles. The van der Waals surface area contributed by atoms with Gasteiger partial charge in [0.25, 0.3) is 5.91 Å². The second-order valence-corrected chi connectivity index (χ2v) is 5.31. The minimum absolute atomic E-state index is 0.0873. The van der Waals surface area contributed by atoms with Gasteiger partial charge in [0, 0.05) is 11.8 Å². The Balaban J connectivity index is 1.76. The van der Waals surface area contributed by atoms with Crippen molar-refractivity contribution in [1.29, 1.82) is 5.26 Å². The number of nitriles is 1. The van der Waals surface area contributed by atoms with E-state index < -0.39 is 17.6 Å². The highest BCUT2D eigenvalue weighted by Gasteiger charge is 2.29. The first kappa shape index (κ1) is 17.4. The molecule has 0 aromatic heterocycles. The van der Waals surface area contributed by atoms with Crippen LogP contribution in [0.2, 0.25) is 0 Å². The first-order valence-electron chi connectivity index (χ1n) is 7.37. The minimum Gasteiger partial charge on any atom is -0.454 e. The number of fused-ring (bicyclic) bond motifs is 1. The molecule has 26 heavy (non-hydrogen) atoms. The number of rotatable bonds is 3. The number of carbonyl (C=O) groups is 1. The summed E-state index contributed by atoms with van der Waals surface area (Å²) in [5.41, 5.74) is -0.358. The molecular weight excluding hydrogens is 349 g/mol. The highest BCUT2D eigenvalue weighted by Crippen LogP contribution is 2.34. The zero-order valence-corrected chi connectivity index (χ0v) is 13.1. The molecule has 0 radical (unpaired) electrons. The Morgan fingerprint density at radius 1 is 1.12 bits per heavy atom. The molecule has 132 valence electrons. The number of nitrogens with zero attached hydrogens (tertiary/aromatic N) is 1. The number of alkyl halides is 3. The summed E-state index contributed by atoms with van der Waals surface area (Å²) in [7, 11) is 0. The fourth-order valence-corrected chi connectivity index (χ4v) is 2.26. The van der Waals surface area contributed by atoms with E-state index in [1.54, 1.807) is 24.3 Å². The van der Waals surface area contributed by atoms with Gasteiger partial charge < -0.3 is 14.8 Å². The van der Waals surface area contributed by atoms with Gasteiger partial charge in [0.15, 0.2) is 11.5 Å². The first-order valence-corrected chi connectivity index (χ1v) is 7.37. The lowest BCUT2D eigenvalue weighted by molar-refractivity contribution is -0.137.